The van der Waals surface area contributed by atoms with E-state index in [4.69, 9.17) is 10.5 Å². The number of hydrogen-bond acceptors (Lipinski definition) is 4. The summed E-state index contributed by atoms with van der Waals surface area (Å²) >= 11 is 0. The standard InChI is InChI=1S/C18H23N3O2/c1-18(2,3)23-17(22)21-10-14(15(19)11-21)12-6-7-16-13(9-12)5-4-8-20-16/h4-9,14-15H,10-11,19H2,1-3H3. The van der Waals surface area contributed by atoms with Crippen molar-refractivity contribution in [1.82, 2.24) is 9.88 Å². The predicted molar refractivity (Wildman–Crippen MR) is 90.3 cm³/mol. The first-order chi connectivity index (χ1) is 10.8. The molecule has 0 saturated carbocycles. The van der Waals surface area contributed by atoms with E-state index in [1.54, 1.807) is 11.1 Å². The van der Waals surface area contributed by atoms with Crippen LogP contribution in [0.15, 0.2) is 36.5 Å². The number of pyridine rings is 1. The largest absolute Gasteiger partial charge is 0.444 e. The molecule has 0 aliphatic carbocycles. The molecule has 5 nitrogen and oxygen atoms in total. The second kappa shape index (κ2) is 5.81. The van der Waals surface area contributed by atoms with Crippen molar-refractivity contribution in [2.24, 2.45) is 5.73 Å². The maximum atomic E-state index is 12.2. The van der Waals surface area contributed by atoms with Crippen LogP contribution in [0.4, 0.5) is 4.79 Å². The third-order valence-corrected chi connectivity index (χ3v) is 4.07. The van der Waals surface area contributed by atoms with Crippen LogP contribution in [-0.2, 0) is 4.74 Å². The molecule has 1 aliphatic rings. The Bertz CT molecular complexity index is 724. The third kappa shape index (κ3) is 3.45. The van der Waals surface area contributed by atoms with E-state index >= 15 is 0 Å². The van der Waals surface area contributed by atoms with Gasteiger partial charge in [-0.05, 0) is 44.5 Å². The van der Waals surface area contributed by atoms with Crippen molar-refractivity contribution in [3.05, 3.63) is 42.1 Å². The zero-order valence-electron chi connectivity index (χ0n) is 13.8. The first kappa shape index (κ1) is 15.7. The zero-order chi connectivity index (χ0) is 16.6. The first-order valence-electron chi connectivity index (χ1n) is 7.92. The van der Waals surface area contributed by atoms with Crippen molar-refractivity contribution in [1.29, 1.82) is 0 Å². The average molecular weight is 313 g/mol. The molecule has 5 heteroatoms. The summed E-state index contributed by atoms with van der Waals surface area (Å²) in [7, 11) is 0. The van der Waals surface area contributed by atoms with Gasteiger partial charge in [-0.1, -0.05) is 12.1 Å². The van der Waals surface area contributed by atoms with Gasteiger partial charge in [0.2, 0.25) is 0 Å². The minimum atomic E-state index is -0.492. The Morgan fingerprint density at radius 1 is 1.30 bits per heavy atom. The normalized spacial score (nSPS) is 21.7. The van der Waals surface area contributed by atoms with Crippen LogP contribution in [0.3, 0.4) is 0 Å². The average Bonchev–Trinajstić information content (AvgIpc) is 2.87. The molecule has 1 aromatic carbocycles. The monoisotopic (exact) mass is 313 g/mol. The molecule has 1 aromatic heterocycles. The molecule has 1 aliphatic heterocycles. The Hall–Kier alpha value is -2.14. The summed E-state index contributed by atoms with van der Waals surface area (Å²) in [6.07, 6.45) is 1.49. The van der Waals surface area contributed by atoms with E-state index < -0.39 is 5.60 Å². The van der Waals surface area contributed by atoms with Crippen molar-refractivity contribution in [2.75, 3.05) is 13.1 Å². The van der Waals surface area contributed by atoms with Crippen LogP contribution in [0.25, 0.3) is 10.9 Å². The molecular formula is C18H23N3O2. The Labute approximate surface area is 136 Å². The maximum absolute atomic E-state index is 12.2. The molecule has 0 spiro atoms. The lowest BCUT2D eigenvalue weighted by Crippen LogP contribution is -2.36. The Balaban J connectivity index is 1.79. The molecule has 0 bridgehead atoms. The fourth-order valence-electron chi connectivity index (χ4n) is 2.98. The fraction of sp³-hybridized carbons (Fsp3) is 0.444. The summed E-state index contributed by atoms with van der Waals surface area (Å²) in [4.78, 5) is 18.3. The van der Waals surface area contributed by atoms with Crippen molar-refractivity contribution in [3.63, 3.8) is 0 Å². The number of amides is 1. The van der Waals surface area contributed by atoms with E-state index in [1.165, 1.54) is 0 Å². The van der Waals surface area contributed by atoms with Crippen LogP contribution in [0.2, 0.25) is 0 Å². The van der Waals surface area contributed by atoms with Crippen LogP contribution in [0, 0.1) is 0 Å². The van der Waals surface area contributed by atoms with Crippen molar-refractivity contribution in [2.45, 2.75) is 38.3 Å². The molecule has 23 heavy (non-hydrogen) atoms. The number of likely N-dealkylation sites (tertiary alicyclic amines) is 1. The van der Waals surface area contributed by atoms with E-state index in [2.05, 4.69) is 17.1 Å². The van der Waals surface area contributed by atoms with Crippen LogP contribution < -0.4 is 5.73 Å². The van der Waals surface area contributed by atoms with Gasteiger partial charge < -0.3 is 15.4 Å². The van der Waals surface area contributed by atoms with Gasteiger partial charge in [0.15, 0.2) is 0 Å². The molecule has 2 unspecified atom stereocenters. The number of fused-ring (bicyclic) bond motifs is 1. The van der Waals surface area contributed by atoms with Crippen molar-refractivity contribution in [3.8, 4) is 0 Å². The number of benzene rings is 1. The number of aromatic nitrogens is 1. The van der Waals surface area contributed by atoms with Crippen LogP contribution in [-0.4, -0.2) is 40.7 Å². The lowest BCUT2D eigenvalue weighted by Gasteiger charge is -2.24. The summed E-state index contributed by atoms with van der Waals surface area (Å²) in [5.74, 6) is 0.118. The van der Waals surface area contributed by atoms with E-state index in [1.807, 2.05) is 39.0 Å². The Morgan fingerprint density at radius 2 is 2.09 bits per heavy atom. The van der Waals surface area contributed by atoms with Crippen molar-refractivity contribution < 1.29 is 9.53 Å². The van der Waals surface area contributed by atoms with Gasteiger partial charge in [0.05, 0.1) is 5.52 Å². The topological polar surface area (TPSA) is 68.5 Å². The molecule has 3 rings (SSSR count). The van der Waals surface area contributed by atoms with Gasteiger partial charge >= 0.3 is 6.09 Å². The van der Waals surface area contributed by atoms with E-state index in [0.29, 0.717) is 13.1 Å². The number of rotatable bonds is 1. The number of carbonyl (C=O) groups excluding carboxylic acids is 1. The van der Waals surface area contributed by atoms with Crippen LogP contribution in [0.5, 0.6) is 0 Å². The molecule has 0 radical (unpaired) electrons. The lowest BCUT2D eigenvalue weighted by molar-refractivity contribution is 0.0290. The highest BCUT2D eigenvalue weighted by molar-refractivity contribution is 5.79. The summed E-state index contributed by atoms with van der Waals surface area (Å²) in [5.41, 5.74) is 7.90. The summed E-state index contributed by atoms with van der Waals surface area (Å²) in [6.45, 7) is 6.71. The Kier molecular flexibility index (Phi) is 3.98. The zero-order valence-corrected chi connectivity index (χ0v) is 13.8. The molecule has 1 saturated heterocycles. The fourth-order valence-corrected chi connectivity index (χ4v) is 2.98. The second-order valence-electron chi connectivity index (χ2n) is 7.11. The minimum absolute atomic E-state index is 0.0864. The smallest absolute Gasteiger partial charge is 0.410 e. The number of ether oxygens (including phenoxy) is 1. The van der Waals surface area contributed by atoms with Crippen molar-refractivity contribution >= 4 is 17.0 Å². The quantitative estimate of drug-likeness (QED) is 0.879. The van der Waals surface area contributed by atoms with Gasteiger partial charge in [0, 0.05) is 36.6 Å². The highest BCUT2D eigenvalue weighted by Crippen LogP contribution is 2.29. The number of hydrogen-bond donors (Lipinski definition) is 1. The highest BCUT2D eigenvalue weighted by atomic mass is 16.6. The highest BCUT2D eigenvalue weighted by Gasteiger charge is 2.36. The minimum Gasteiger partial charge on any atom is -0.444 e. The molecule has 1 amide bonds. The molecule has 1 fully saturated rings. The Morgan fingerprint density at radius 3 is 2.83 bits per heavy atom. The van der Waals surface area contributed by atoms with Crippen LogP contribution >= 0.6 is 0 Å². The third-order valence-electron chi connectivity index (χ3n) is 4.07. The van der Waals surface area contributed by atoms with E-state index in [0.717, 1.165) is 16.5 Å². The number of carbonyl (C=O) groups is 1. The van der Waals surface area contributed by atoms with E-state index in [-0.39, 0.29) is 18.1 Å². The summed E-state index contributed by atoms with van der Waals surface area (Å²) in [5, 5.41) is 1.09. The van der Waals surface area contributed by atoms with Gasteiger partial charge in [-0.15, -0.1) is 0 Å². The summed E-state index contributed by atoms with van der Waals surface area (Å²) < 4.78 is 5.45. The molecular weight excluding hydrogens is 290 g/mol. The molecule has 2 aromatic rings. The lowest BCUT2D eigenvalue weighted by atomic mass is 9.94. The molecule has 2 N–H and O–H groups in total. The molecule has 2 atom stereocenters. The summed E-state index contributed by atoms with van der Waals surface area (Å²) in [6, 6.07) is 10.1. The number of nitrogens with zero attached hydrogens (tertiary/aromatic N) is 2. The van der Waals surface area contributed by atoms with Gasteiger partial charge in [0.25, 0.3) is 0 Å². The second-order valence-corrected chi connectivity index (χ2v) is 7.11. The van der Waals surface area contributed by atoms with Gasteiger partial charge in [-0.25, -0.2) is 4.79 Å². The number of nitrogens with two attached hydrogens (primary N) is 1. The SMILES string of the molecule is CC(C)(C)OC(=O)N1CC(N)C(c2ccc3ncccc3c2)C1. The van der Waals surface area contributed by atoms with E-state index in [9.17, 15) is 4.79 Å². The molecule has 122 valence electrons. The van der Waals surface area contributed by atoms with Crippen LogP contribution in [0.1, 0.15) is 32.3 Å². The molecule has 2 heterocycles. The van der Waals surface area contributed by atoms with Gasteiger partial charge in [0.1, 0.15) is 5.60 Å². The van der Waals surface area contributed by atoms with Gasteiger partial charge in [-0.3, -0.25) is 4.98 Å². The maximum Gasteiger partial charge on any atom is 0.410 e. The van der Waals surface area contributed by atoms with Gasteiger partial charge in [-0.2, -0.15) is 0 Å². The predicted octanol–water partition coefficient (Wildman–Crippen LogP) is 2.90. The first-order valence-corrected chi connectivity index (χ1v) is 7.92.